The molecule has 1 aliphatic rings. The van der Waals surface area contributed by atoms with Gasteiger partial charge in [-0.3, -0.25) is 10.1 Å². The predicted octanol–water partition coefficient (Wildman–Crippen LogP) is 0.833. The number of hydrogen-bond donors (Lipinski definition) is 2. The second kappa shape index (κ2) is 9.50. The summed E-state index contributed by atoms with van der Waals surface area (Å²) in [6.07, 6.45) is 0.462. The molecule has 3 N–H and O–H groups in total. The number of anilines is 1. The van der Waals surface area contributed by atoms with E-state index in [9.17, 15) is 26.9 Å². The Morgan fingerprint density at radius 2 is 1.59 bits per heavy atom. The standard InChI is InChI=1S/C19H25N5O6S2/c1-22-10-12-23(13-11-22)32(29,30)17-6-7-18(19(14-17)24(25)26)21-9-8-15-2-4-16(5-3-15)31(20,27)28/h2-7,14,21H,8-13H2,1H3,(H2,20,27,28). The molecular weight excluding hydrogens is 458 g/mol. The first kappa shape index (κ1) is 24.1. The summed E-state index contributed by atoms with van der Waals surface area (Å²) < 4.78 is 49.7. The highest BCUT2D eigenvalue weighted by Gasteiger charge is 2.29. The van der Waals surface area contributed by atoms with E-state index in [1.165, 1.54) is 28.6 Å². The van der Waals surface area contributed by atoms with Crippen molar-refractivity contribution in [3.63, 3.8) is 0 Å². The van der Waals surface area contributed by atoms with Crippen LogP contribution in [0.25, 0.3) is 0 Å². The van der Waals surface area contributed by atoms with E-state index in [2.05, 4.69) is 5.32 Å². The summed E-state index contributed by atoms with van der Waals surface area (Å²) in [4.78, 5) is 12.9. The van der Waals surface area contributed by atoms with Crippen LogP contribution in [0, 0.1) is 10.1 Å². The Bertz CT molecular complexity index is 1190. The lowest BCUT2D eigenvalue weighted by Crippen LogP contribution is -2.47. The first-order valence-corrected chi connectivity index (χ1v) is 12.8. The van der Waals surface area contributed by atoms with Crippen LogP contribution in [0.1, 0.15) is 5.56 Å². The Balaban J connectivity index is 1.72. The number of nitro groups is 1. The molecule has 0 aliphatic carbocycles. The highest BCUT2D eigenvalue weighted by Crippen LogP contribution is 2.29. The van der Waals surface area contributed by atoms with Crippen molar-refractivity contribution in [3.05, 3.63) is 58.1 Å². The topological polar surface area (TPSA) is 156 Å². The van der Waals surface area contributed by atoms with E-state index in [0.29, 0.717) is 39.1 Å². The van der Waals surface area contributed by atoms with E-state index in [-0.39, 0.29) is 21.2 Å². The van der Waals surface area contributed by atoms with Crippen molar-refractivity contribution >= 4 is 31.4 Å². The van der Waals surface area contributed by atoms with Gasteiger partial charge in [-0.2, -0.15) is 4.31 Å². The van der Waals surface area contributed by atoms with Gasteiger partial charge < -0.3 is 10.2 Å². The fraction of sp³-hybridized carbons (Fsp3) is 0.368. The molecule has 1 fully saturated rings. The number of nitrogens with two attached hydrogens (primary N) is 1. The van der Waals surface area contributed by atoms with Crippen molar-refractivity contribution in [1.82, 2.24) is 9.21 Å². The zero-order valence-corrected chi connectivity index (χ0v) is 19.1. The Hall–Kier alpha value is -2.58. The summed E-state index contributed by atoms with van der Waals surface area (Å²) in [6.45, 7) is 2.17. The normalized spacial score (nSPS) is 16.1. The third kappa shape index (κ3) is 5.61. The molecule has 0 amide bonds. The second-order valence-corrected chi connectivity index (χ2v) is 11.0. The van der Waals surface area contributed by atoms with Crippen LogP contribution in [0.2, 0.25) is 0 Å². The van der Waals surface area contributed by atoms with Crippen molar-refractivity contribution < 1.29 is 21.8 Å². The van der Waals surface area contributed by atoms with Crippen LogP contribution in [-0.2, 0) is 26.5 Å². The molecule has 1 aliphatic heterocycles. The maximum absolute atomic E-state index is 12.9. The smallest absolute Gasteiger partial charge is 0.293 e. The van der Waals surface area contributed by atoms with Gasteiger partial charge in [0, 0.05) is 38.8 Å². The number of piperazine rings is 1. The molecule has 1 saturated heterocycles. The first-order chi connectivity index (χ1) is 15.0. The first-order valence-electron chi connectivity index (χ1n) is 9.81. The summed E-state index contributed by atoms with van der Waals surface area (Å²) >= 11 is 0. The van der Waals surface area contributed by atoms with Gasteiger partial charge in [-0.15, -0.1) is 0 Å². The van der Waals surface area contributed by atoms with Crippen LogP contribution < -0.4 is 10.5 Å². The van der Waals surface area contributed by atoms with E-state index in [4.69, 9.17) is 5.14 Å². The molecule has 0 aromatic heterocycles. The van der Waals surface area contributed by atoms with Gasteiger partial charge in [-0.05, 0) is 43.3 Å². The Morgan fingerprint density at radius 3 is 2.16 bits per heavy atom. The lowest BCUT2D eigenvalue weighted by Gasteiger charge is -2.31. The molecule has 11 nitrogen and oxygen atoms in total. The summed E-state index contributed by atoms with van der Waals surface area (Å²) in [7, 11) is -5.69. The molecular formula is C19H25N5O6S2. The fourth-order valence-electron chi connectivity index (χ4n) is 3.34. The number of benzene rings is 2. The zero-order chi connectivity index (χ0) is 23.5. The SMILES string of the molecule is CN1CCN(S(=O)(=O)c2ccc(NCCc3ccc(S(N)(=O)=O)cc3)c([N+](=O)[O-])c2)CC1. The highest BCUT2D eigenvalue weighted by atomic mass is 32.2. The second-order valence-electron chi connectivity index (χ2n) is 7.51. The molecule has 2 aromatic carbocycles. The average Bonchev–Trinajstić information content (AvgIpc) is 2.73. The molecule has 174 valence electrons. The van der Waals surface area contributed by atoms with Gasteiger partial charge in [0.25, 0.3) is 5.69 Å². The van der Waals surface area contributed by atoms with Crippen LogP contribution >= 0.6 is 0 Å². The van der Waals surface area contributed by atoms with Crippen LogP contribution in [0.15, 0.2) is 52.3 Å². The maximum Gasteiger partial charge on any atom is 0.293 e. The largest absolute Gasteiger partial charge is 0.379 e. The van der Waals surface area contributed by atoms with Gasteiger partial charge in [-0.25, -0.2) is 22.0 Å². The lowest BCUT2D eigenvalue weighted by atomic mass is 10.1. The van der Waals surface area contributed by atoms with Crippen molar-refractivity contribution in [2.75, 3.05) is 45.1 Å². The highest BCUT2D eigenvalue weighted by molar-refractivity contribution is 7.89. The number of nitrogens with one attached hydrogen (secondary N) is 1. The molecule has 0 saturated carbocycles. The average molecular weight is 484 g/mol. The predicted molar refractivity (Wildman–Crippen MR) is 119 cm³/mol. The quantitative estimate of drug-likeness (QED) is 0.413. The number of likely N-dealkylation sites (N-methyl/N-ethyl adjacent to an activating group) is 1. The van der Waals surface area contributed by atoms with Gasteiger partial charge in [-0.1, -0.05) is 12.1 Å². The number of sulfonamides is 2. The van der Waals surface area contributed by atoms with E-state index in [1.54, 1.807) is 12.1 Å². The molecule has 32 heavy (non-hydrogen) atoms. The molecule has 2 aromatic rings. The molecule has 1 heterocycles. The van der Waals surface area contributed by atoms with Gasteiger partial charge in [0.05, 0.1) is 14.7 Å². The lowest BCUT2D eigenvalue weighted by molar-refractivity contribution is -0.384. The Labute approximate surface area is 187 Å². The molecule has 0 unspecified atom stereocenters. The minimum Gasteiger partial charge on any atom is -0.379 e. The van der Waals surface area contributed by atoms with Crippen LogP contribution in [0.5, 0.6) is 0 Å². The fourth-order valence-corrected chi connectivity index (χ4v) is 5.30. The van der Waals surface area contributed by atoms with Crippen molar-refractivity contribution in [2.45, 2.75) is 16.2 Å². The van der Waals surface area contributed by atoms with Gasteiger partial charge >= 0.3 is 0 Å². The summed E-state index contributed by atoms with van der Waals surface area (Å²) in [5.74, 6) is 0. The third-order valence-corrected chi connectivity index (χ3v) is 8.07. The molecule has 0 radical (unpaired) electrons. The minimum atomic E-state index is -3.82. The van der Waals surface area contributed by atoms with Gasteiger partial charge in [0.1, 0.15) is 5.69 Å². The zero-order valence-electron chi connectivity index (χ0n) is 17.5. The molecule has 0 bridgehead atoms. The van der Waals surface area contributed by atoms with Gasteiger partial charge in [0.15, 0.2) is 0 Å². The molecule has 3 rings (SSSR count). The number of primary sulfonamides is 1. The third-order valence-electron chi connectivity index (χ3n) is 5.25. The number of hydrogen-bond acceptors (Lipinski definition) is 8. The van der Waals surface area contributed by atoms with Crippen molar-refractivity contribution in [2.24, 2.45) is 5.14 Å². The molecule has 0 atom stereocenters. The summed E-state index contributed by atoms with van der Waals surface area (Å²) in [5.41, 5.74) is 0.681. The van der Waals surface area contributed by atoms with Crippen LogP contribution in [-0.4, -0.2) is 70.7 Å². The maximum atomic E-state index is 12.9. The minimum absolute atomic E-state index is 0.00185. The van der Waals surface area contributed by atoms with Crippen LogP contribution in [0.3, 0.4) is 0 Å². The number of rotatable bonds is 8. The van der Waals surface area contributed by atoms with Gasteiger partial charge in [0.2, 0.25) is 20.0 Å². The van der Waals surface area contributed by atoms with Crippen molar-refractivity contribution in [3.8, 4) is 0 Å². The number of nitrogens with zero attached hydrogens (tertiary/aromatic N) is 3. The van der Waals surface area contributed by atoms with E-state index in [0.717, 1.165) is 11.6 Å². The Kier molecular flexibility index (Phi) is 7.15. The summed E-state index contributed by atoms with van der Waals surface area (Å²) in [5, 5.41) is 19.6. The summed E-state index contributed by atoms with van der Waals surface area (Å²) in [6, 6.07) is 9.85. The van der Waals surface area contributed by atoms with E-state index < -0.39 is 25.0 Å². The number of nitro benzene ring substituents is 1. The Morgan fingerprint density at radius 1 is 1.00 bits per heavy atom. The van der Waals surface area contributed by atoms with E-state index >= 15 is 0 Å². The van der Waals surface area contributed by atoms with E-state index in [1.807, 2.05) is 11.9 Å². The monoisotopic (exact) mass is 483 g/mol. The molecule has 13 heteroatoms. The van der Waals surface area contributed by atoms with Crippen molar-refractivity contribution in [1.29, 1.82) is 0 Å². The van der Waals surface area contributed by atoms with Crippen LogP contribution in [0.4, 0.5) is 11.4 Å². The molecule has 0 spiro atoms.